The van der Waals surface area contributed by atoms with Crippen LogP contribution in [0.25, 0.3) is 0 Å². The summed E-state index contributed by atoms with van der Waals surface area (Å²) >= 11 is 2.53. The molecular weight excluding hydrogens is 801 g/mol. The monoisotopic (exact) mass is 866 g/mol. The Morgan fingerprint density at radius 1 is 0.933 bits per heavy atom. The molecule has 60 heavy (non-hydrogen) atoms. The SMILES string of the molecule is CC(C)SC(=O)C[C@@H](NC(=O)[C@@H](NC(=O)[C@@H](NC1=NCC(=O)N2CC[C@@H](C)[C@H]2C(=O)N[C@@H](C(C)C)C(=O)N[C@H]1C(C)(C)C)C(C)(C)C)[C@@H](C)c1ccccc1)c1nccs1. The minimum absolute atomic E-state index is 0.0194. The fraction of sp³-hybridized carbons (Fsp3) is 0.636. The minimum atomic E-state index is -1.09. The zero-order valence-corrected chi connectivity index (χ0v) is 38.9. The largest absolute Gasteiger partial charge is 0.360 e. The number of benzene rings is 1. The van der Waals surface area contributed by atoms with E-state index in [1.54, 1.807) is 16.5 Å². The number of carbonyl (C=O) groups is 6. The molecule has 8 atom stereocenters. The van der Waals surface area contributed by atoms with Gasteiger partial charge >= 0.3 is 0 Å². The molecule has 0 bridgehead atoms. The van der Waals surface area contributed by atoms with Gasteiger partial charge in [-0.3, -0.25) is 33.8 Å². The molecule has 330 valence electrons. The van der Waals surface area contributed by atoms with Gasteiger partial charge in [-0.25, -0.2) is 4.98 Å². The van der Waals surface area contributed by atoms with Crippen molar-refractivity contribution >= 4 is 63.6 Å². The highest BCUT2D eigenvalue weighted by Gasteiger charge is 2.44. The average molecular weight is 867 g/mol. The second kappa shape index (κ2) is 20.5. The molecule has 16 heteroatoms. The van der Waals surface area contributed by atoms with Crippen LogP contribution in [0.3, 0.4) is 0 Å². The topological polar surface area (TPSA) is 191 Å². The van der Waals surface area contributed by atoms with Crippen LogP contribution < -0.4 is 26.6 Å². The summed E-state index contributed by atoms with van der Waals surface area (Å²) in [6, 6.07) is 4.08. The number of nitrogens with zero attached hydrogens (tertiary/aromatic N) is 3. The third-order valence-corrected chi connectivity index (χ3v) is 12.8. The molecule has 0 saturated carbocycles. The quantitative estimate of drug-likeness (QED) is 0.196. The number of aliphatic imine (C=N–C) groups is 1. The Morgan fingerprint density at radius 2 is 1.60 bits per heavy atom. The Hall–Kier alpha value is -4.31. The highest BCUT2D eigenvalue weighted by Crippen LogP contribution is 2.29. The molecule has 0 radical (unpaired) electrons. The molecule has 1 aromatic carbocycles. The molecule has 5 N–H and O–H groups in total. The number of fused-ring (bicyclic) bond motifs is 1. The lowest BCUT2D eigenvalue weighted by Gasteiger charge is -2.39. The van der Waals surface area contributed by atoms with E-state index in [-0.39, 0.29) is 52.8 Å². The molecule has 0 aliphatic carbocycles. The zero-order chi connectivity index (χ0) is 44.7. The van der Waals surface area contributed by atoms with Crippen molar-refractivity contribution < 1.29 is 28.8 Å². The average Bonchev–Trinajstić information content (AvgIpc) is 3.83. The first-order valence-corrected chi connectivity index (χ1v) is 22.7. The summed E-state index contributed by atoms with van der Waals surface area (Å²) in [5, 5.41) is 17.9. The summed E-state index contributed by atoms with van der Waals surface area (Å²) in [4.78, 5) is 94.9. The Labute approximate surface area is 364 Å². The summed E-state index contributed by atoms with van der Waals surface area (Å²) in [5.74, 6) is -2.81. The number of aromatic nitrogens is 1. The molecule has 3 heterocycles. The lowest BCUT2D eigenvalue weighted by molar-refractivity contribution is -0.140. The number of hydrogen-bond donors (Lipinski definition) is 5. The number of amides is 5. The van der Waals surface area contributed by atoms with E-state index in [0.29, 0.717) is 18.0 Å². The minimum Gasteiger partial charge on any atom is -0.360 e. The molecule has 1 fully saturated rings. The number of rotatable bonds is 12. The van der Waals surface area contributed by atoms with Crippen molar-refractivity contribution in [3.8, 4) is 0 Å². The van der Waals surface area contributed by atoms with E-state index in [0.717, 1.165) is 5.56 Å². The Morgan fingerprint density at radius 3 is 2.17 bits per heavy atom. The maximum Gasteiger partial charge on any atom is 0.244 e. The van der Waals surface area contributed by atoms with Crippen LogP contribution in [0.4, 0.5) is 0 Å². The smallest absolute Gasteiger partial charge is 0.244 e. The molecular formula is C44H66N8O6S2. The lowest BCUT2D eigenvalue weighted by atomic mass is 9.82. The third kappa shape index (κ3) is 12.6. The van der Waals surface area contributed by atoms with Crippen LogP contribution in [0, 0.1) is 22.7 Å². The van der Waals surface area contributed by atoms with Gasteiger partial charge in [0, 0.05) is 35.7 Å². The van der Waals surface area contributed by atoms with Crippen molar-refractivity contribution in [2.75, 3.05) is 13.1 Å². The lowest BCUT2D eigenvalue weighted by Crippen LogP contribution is -2.65. The fourth-order valence-electron chi connectivity index (χ4n) is 7.56. The van der Waals surface area contributed by atoms with Gasteiger partial charge in [0.05, 0.1) is 12.1 Å². The molecule has 1 saturated heterocycles. The highest BCUT2D eigenvalue weighted by atomic mass is 32.2. The number of hydrogen-bond acceptors (Lipinski definition) is 11. The van der Waals surface area contributed by atoms with Crippen molar-refractivity contribution in [2.45, 2.75) is 143 Å². The summed E-state index contributed by atoms with van der Waals surface area (Å²) in [5.41, 5.74) is -0.670. The Bertz CT molecular complexity index is 1860. The van der Waals surface area contributed by atoms with Gasteiger partial charge in [-0.05, 0) is 34.7 Å². The molecule has 0 unspecified atom stereocenters. The van der Waals surface area contributed by atoms with Gasteiger partial charge in [0.2, 0.25) is 29.5 Å². The number of thiazole rings is 1. The molecule has 14 nitrogen and oxygen atoms in total. The molecule has 4 rings (SSSR count). The van der Waals surface area contributed by atoms with Crippen LogP contribution in [-0.4, -0.2) is 98.9 Å². The summed E-state index contributed by atoms with van der Waals surface area (Å²) in [6.07, 6.45) is 2.27. The van der Waals surface area contributed by atoms with Crippen LogP contribution in [0.15, 0.2) is 46.9 Å². The molecule has 0 spiro atoms. The van der Waals surface area contributed by atoms with Crippen molar-refractivity contribution in [1.82, 2.24) is 36.5 Å². The van der Waals surface area contributed by atoms with Crippen LogP contribution >= 0.6 is 23.1 Å². The van der Waals surface area contributed by atoms with E-state index in [1.807, 2.05) is 113 Å². The maximum absolute atomic E-state index is 14.9. The Balaban J connectivity index is 1.75. The van der Waals surface area contributed by atoms with Crippen LogP contribution in [0.5, 0.6) is 0 Å². The number of nitrogens with one attached hydrogen (secondary N) is 5. The van der Waals surface area contributed by atoms with E-state index < -0.39 is 70.7 Å². The molecule has 2 aromatic rings. The second-order valence-corrected chi connectivity index (χ2v) is 21.4. The standard InChI is InChI=1S/C44H66N8O6S2/c1-24(2)32-38(55)51-35(43(7,8)9)37(46-23-30(53)52-20-18-26(5)34(52)40(57)48-32)50-36(44(10,11)12)41(58)49-33(27(6)28-16-14-13-15-17-28)39(56)47-29(42-45-19-21-59-42)22-31(54)60-25(3)4/h13-17,19,21,24-27,29,32-36H,18,20,22-23H2,1-12H3,(H,46,50)(H,47,56)(H,48,57)(H,49,58)(H,51,55)/t26-,27+,29-,32+,33+,34+,35-,36-/m1/s1. The van der Waals surface area contributed by atoms with Crippen LogP contribution in [-0.2, 0) is 28.8 Å². The number of carbonyl (C=O) groups excluding carboxylic acids is 6. The highest BCUT2D eigenvalue weighted by molar-refractivity contribution is 8.14. The predicted molar refractivity (Wildman–Crippen MR) is 238 cm³/mol. The van der Waals surface area contributed by atoms with E-state index in [1.165, 1.54) is 23.1 Å². The number of amidine groups is 1. The zero-order valence-electron chi connectivity index (χ0n) is 37.3. The molecule has 5 amide bonds. The van der Waals surface area contributed by atoms with Crippen LogP contribution in [0.2, 0.25) is 0 Å². The third-order valence-electron chi connectivity index (χ3n) is 11.0. The summed E-state index contributed by atoms with van der Waals surface area (Å²) in [7, 11) is 0. The summed E-state index contributed by atoms with van der Waals surface area (Å²) < 4.78 is 0. The van der Waals surface area contributed by atoms with Crippen molar-refractivity contribution in [3.63, 3.8) is 0 Å². The molecule has 1 aromatic heterocycles. The van der Waals surface area contributed by atoms with Gasteiger partial charge < -0.3 is 31.5 Å². The van der Waals surface area contributed by atoms with Crippen molar-refractivity contribution in [2.24, 2.45) is 27.7 Å². The van der Waals surface area contributed by atoms with E-state index >= 15 is 0 Å². The van der Waals surface area contributed by atoms with E-state index in [2.05, 4.69) is 31.6 Å². The fourth-order valence-corrected chi connectivity index (χ4v) is 9.04. The van der Waals surface area contributed by atoms with E-state index in [9.17, 15) is 28.8 Å². The van der Waals surface area contributed by atoms with Gasteiger partial charge in [-0.1, -0.05) is 125 Å². The van der Waals surface area contributed by atoms with Gasteiger partial charge in [-0.2, -0.15) is 0 Å². The Kier molecular flexibility index (Phi) is 16.5. The number of thioether (sulfide) groups is 1. The van der Waals surface area contributed by atoms with Gasteiger partial charge in [0.1, 0.15) is 41.6 Å². The predicted octanol–water partition coefficient (Wildman–Crippen LogP) is 4.97. The van der Waals surface area contributed by atoms with Gasteiger partial charge in [0.15, 0.2) is 5.12 Å². The first kappa shape index (κ1) is 48.4. The van der Waals surface area contributed by atoms with E-state index in [4.69, 9.17) is 4.99 Å². The van der Waals surface area contributed by atoms with Crippen molar-refractivity contribution in [3.05, 3.63) is 52.5 Å². The normalized spacial score (nSPS) is 22.6. The summed E-state index contributed by atoms with van der Waals surface area (Å²) in [6.45, 7) is 22.8. The van der Waals surface area contributed by atoms with Crippen molar-refractivity contribution in [1.29, 1.82) is 0 Å². The van der Waals surface area contributed by atoms with Gasteiger partial charge in [-0.15, -0.1) is 11.3 Å². The van der Waals surface area contributed by atoms with Crippen LogP contribution in [0.1, 0.15) is 118 Å². The molecule has 2 aliphatic heterocycles. The molecule has 2 aliphatic rings. The van der Waals surface area contributed by atoms with Gasteiger partial charge in [0.25, 0.3) is 0 Å². The second-order valence-electron chi connectivity index (χ2n) is 18.8. The maximum atomic E-state index is 14.9. The first-order valence-electron chi connectivity index (χ1n) is 20.9. The first-order chi connectivity index (χ1) is 28.0.